The molecule has 0 atom stereocenters. The van der Waals surface area contributed by atoms with Crippen LogP contribution in [-0.4, -0.2) is 6.03 Å². The lowest BCUT2D eigenvalue weighted by Crippen LogP contribution is -2.22. The fourth-order valence-electron chi connectivity index (χ4n) is 2.06. The Morgan fingerprint density at radius 3 is 2.19 bits per heavy atom. The van der Waals surface area contributed by atoms with E-state index in [1.807, 2.05) is 24.3 Å². The molecule has 0 aliphatic rings. The first kappa shape index (κ1) is 15.4. The van der Waals surface area contributed by atoms with Gasteiger partial charge in [-0.1, -0.05) is 50.6 Å². The Bertz CT molecular complexity index is 630. The molecule has 0 heterocycles. The van der Waals surface area contributed by atoms with Gasteiger partial charge in [0.05, 0.1) is 0 Å². The topological polar surface area (TPSA) is 41.1 Å². The molecular formula is C17H19ClN2O. The highest BCUT2D eigenvalue weighted by molar-refractivity contribution is 6.30. The summed E-state index contributed by atoms with van der Waals surface area (Å²) in [5.74, 6) is 0. The van der Waals surface area contributed by atoms with Gasteiger partial charge in [-0.25, -0.2) is 4.79 Å². The van der Waals surface area contributed by atoms with Crippen LogP contribution in [0.3, 0.4) is 0 Å². The van der Waals surface area contributed by atoms with Gasteiger partial charge in [-0.15, -0.1) is 0 Å². The molecule has 110 valence electrons. The average Bonchev–Trinajstić information content (AvgIpc) is 2.41. The fourth-order valence-corrected chi connectivity index (χ4v) is 2.19. The molecule has 0 aromatic heterocycles. The lowest BCUT2D eigenvalue weighted by atomic mass is 9.86. The van der Waals surface area contributed by atoms with Gasteiger partial charge in [-0.05, 0) is 41.3 Å². The lowest BCUT2D eigenvalue weighted by molar-refractivity contribution is 0.262. The van der Waals surface area contributed by atoms with Crippen LogP contribution in [-0.2, 0) is 5.41 Å². The van der Waals surface area contributed by atoms with E-state index in [1.54, 1.807) is 24.3 Å². The third-order valence-electron chi connectivity index (χ3n) is 3.09. The summed E-state index contributed by atoms with van der Waals surface area (Å²) >= 11 is 5.82. The second-order valence-corrected chi connectivity index (χ2v) is 6.32. The van der Waals surface area contributed by atoms with Crippen molar-refractivity contribution in [1.82, 2.24) is 0 Å². The number of hydrogen-bond acceptors (Lipinski definition) is 1. The molecule has 2 N–H and O–H groups in total. The summed E-state index contributed by atoms with van der Waals surface area (Å²) in [7, 11) is 0. The van der Waals surface area contributed by atoms with E-state index in [9.17, 15) is 4.79 Å². The number of para-hydroxylation sites is 1. The van der Waals surface area contributed by atoms with Gasteiger partial charge in [0.2, 0.25) is 0 Å². The number of benzene rings is 2. The molecule has 2 aromatic carbocycles. The van der Waals surface area contributed by atoms with Crippen LogP contribution in [0, 0.1) is 0 Å². The SMILES string of the molecule is CC(C)(C)c1ccccc1NC(=O)Nc1ccc(Cl)cc1. The van der Waals surface area contributed by atoms with Gasteiger partial charge in [0.15, 0.2) is 0 Å². The van der Waals surface area contributed by atoms with Crippen molar-refractivity contribution in [3.63, 3.8) is 0 Å². The number of carbonyl (C=O) groups is 1. The Kier molecular flexibility index (Phi) is 4.53. The molecule has 0 aliphatic carbocycles. The van der Waals surface area contributed by atoms with E-state index in [4.69, 9.17) is 11.6 Å². The third-order valence-corrected chi connectivity index (χ3v) is 3.34. The molecule has 2 rings (SSSR count). The Balaban J connectivity index is 2.11. The Labute approximate surface area is 130 Å². The predicted molar refractivity (Wildman–Crippen MR) is 89.2 cm³/mol. The Hall–Kier alpha value is -2.00. The second-order valence-electron chi connectivity index (χ2n) is 5.88. The third kappa shape index (κ3) is 4.23. The van der Waals surface area contributed by atoms with Crippen LogP contribution >= 0.6 is 11.6 Å². The van der Waals surface area contributed by atoms with Crippen molar-refractivity contribution in [3.05, 3.63) is 59.1 Å². The molecule has 0 saturated carbocycles. The van der Waals surface area contributed by atoms with E-state index >= 15 is 0 Å². The molecule has 0 radical (unpaired) electrons. The smallest absolute Gasteiger partial charge is 0.308 e. The van der Waals surface area contributed by atoms with E-state index < -0.39 is 0 Å². The minimum atomic E-state index is -0.269. The second kappa shape index (κ2) is 6.19. The summed E-state index contributed by atoms with van der Waals surface area (Å²) in [4.78, 5) is 12.1. The molecule has 0 fully saturated rings. The van der Waals surface area contributed by atoms with Crippen LogP contribution in [0.15, 0.2) is 48.5 Å². The van der Waals surface area contributed by atoms with Gasteiger partial charge in [0, 0.05) is 16.4 Å². The van der Waals surface area contributed by atoms with Crippen LogP contribution in [0.1, 0.15) is 26.3 Å². The number of amides is 2. The van der Waals surface area contributed by atoms with Crippen molar-refractivity contribution in [1.29, 1.82) is 0 Å². The number of nitrogens with one attached hydrogen (secondary N) is 2. The molecule has 0 bridgehead atoms. The molecule has 2 amide bonds. The van der Waals surface area contributed by atoms with Crippen LogP contribution in [0.25, 0.3) is 0 Å². The zero-order chi connectivity index (χ0) is 15.5. The normalized spacial score (nSPS) is 11.0. The predicted octanol–water partition coefficient (Wildman–Crippen LogP) is 5.28. The molecule has 21 heavy (non-hydrogen) atoms. The maximum Gasteiger partial charge on any atom is 0.323 e. The summed E-state index contributed by atoms with van der Waals surface area (Å²) in [6, 6.07) is 14.5. The van der Waals surface area contributed by atoms with E-state index in [0.717, 1.165) is 11.3 Å². The summed E-state index contributed by atoms with van der Waals surface area (Å²) in [5, 5.41) is 6.32. The number of anilines is 2. The molecule has 0 aliphatic heterocycles. The molecule has 0 saturated heterocycles. The first-order chi connectivity index (χ1) is 9.86. The van der Waals surface area contributed by atoms with E-state index in [2.05, 4.69) is 31.4 Å². The van der Waals surface area contributed by atoms with Crippen molar-refractivity contribution in [2.45, 2.75) is 26.2 Å². The molecule has 0 unspecified atom stereocenters. The summed E-state index contributed by atoms with van der Waals surface area (Å²) in [6.07, 6.45) is 0. The number of halogens is 1. The molecule has 2 aromatic rings. The van der Waals surface area contributed by atoms with Crippen molar-refractivity contribution >= 4 is 29.0 Å². The first-order valence-corrected chi connectivity index (χ1v) is 7.17. The molecule has 4 heteroatoms. The maximum atomic E-state index is 12.1. The summed E-state index contributed by atoms with van der Waals surface area (Å²) in [6.45, 7) is 6.35. The van der Waals surface area contributed by atoms with Crippen molar-refractivity contribution in [2.75, 3.05) is 10.6 Å². The number of rotatable bonds is 2. The standard InChI is InChI=1S/C17H19ClN2O/c1-17(2,3)14-6-4-5-7-15(14)20-16(21)19-13-10-8-12(18)9-11-13/h4-11H,1-3H3,(H2,19,20,21). The maximum absolute atomic E-state index is 12.1. The number of carbonyl (C=O) groups excluding carboxylic acids is 1. The average molecular weight is 303 g/mol. The van der Waals surface area contributed by atoms with Crippen LogP contribution in [0.2, 0.25) is 5.02 Å². The van der Waals surface area contributed by atoms with Gasteiger partial charge < -0.3 is 10.6 Å². The minimum Gasteiger partial charge on any atom is -0.308 e. The zero-order valence-electron chi connectivity index (χ0n) is 12.4. The quantitative estimate of drug-likeness (QED) is 0.778. The van der Waals surface area contributed by atoms with E-state index in [0.29, 0.717) is 10.7 Å². The van der Waals surface area contributed by atoms with Gasteiger partial charge in [0.1, 0.15) is 0 Å². The minimum absolute atomic E-state index is 0.0376. The Morgan fingerprint density at radius 1 is 0.952 bits per heavy atom. The Morgan fingerprint density at radius 2 is 1.57 bits per heavy atom. The number of urea groups is 1. The first-order valence-electron chi connectivity index (χ1n) is 6.79. The zero-order valence-corrected chi connectivity index (χ0v) is 13.2. The van der Waals surface area contributed by atoms with Crippen LogP contribution < -0.4 is 10.6 Å². The van der Waals surface area contributed by atoms with Crippen molar-refractivity contribution < 1.29 is 4.79 Å². The fraction of sp³-hybridized carbons (Fsp3) is 0.235. The van der Waals surface area contributed by atoms with Crippen LogP contribution in [0.5, 0.6) is 0 Å². The van der Waals surface area contributed by atoms with Gasteiger partial charge >= 0.3 is 6.03 Å². The largest absolute Gasteiger partial charge is 0.323 e. The van der Waals surface area contributed by atoms with E-state index in [-0.39, 0.29) is 11.4 Å². The molecule has 0 spiro atoms. The highest BCUT2D eigenvalue weighted by atomic mass is 35.5. The lowest BCUT2D eigenvalue weighted by Gasteiger charge is -2.23. The molecular weight excluding hydrogens is 284 g/mol. The summed E-state index contributed by atoms with van der Waals surface area (Å²) < 4.78 is 0. The van der Waals surface area contributed by atoms with Crippen molar-refractivity contribution in [2.24, 2.45) is 0 Å². The van der Waals surface area contributed by atoms with E-state index in [1.165, 1.54) is 0 Å². The van der Waals surface area contributed by atoms with Crippen molar-refractivity contribution in [3.8, 4) is 0 Å². The number of hydrogen-bond donors (Lipinski definition) is 2. The highest BCUT2D eigenvalue weighted by Crippen LogP contribution is 2.29. The highest BCUT2D eigenvalue weighted by Gasteiger charge is 2.18. The molecule has 3 nitrogen and oxygen atoms in total. The monoisotopic (exact) mass is 302 g/mol. The van der Waals surface area contributed by atoms with Gasteiger partial charge in [-0.2, -0.15) is 0 Å². The van der Waals surface area contributed by atoms with Crippen LogP contribution in [0.4, 0.5) is 16.2 Å². The summed E-state index contributed by atoms with van der Waals surface area (Å²) in [5.41, 5.74) is 2.57. The van der Waals surface area contributed by atoms with Gasteiger partial charge in [0.25, 0.3) is 0 Å². The van der Waals surface area contributed by atoms with Gasteiger partial charge in [-0.3, -0.25) is 0 Å².